The topological polar surface area (TPSA) is 9.23 Å². The van der Waals surface area contributed by atoms with Gasteiger partial charge in [-0.05, 0) is 73.1 Å². The Balaban J connectivity index is 2.03. The van der Waals surface area contributed by atoms with Crippen LogP contribution in [0.25, 0.3) is 0 Å². The Morgan fingerprint density at radius 2 is 1.76 bits per heavy atom. The number of methoxy groups -OCH3 is 1. The van der Waals surface area contributed by atoms with Crippen molar-refractivity contribution in [2.75, 3.05) is 7.11 Å². The lowest BCUT2D eigenvalue weighted by Crippen LogP contribution is -2.27. The van der Waals surface area contributed by atoms with Gasteiger partial charge in [0, 0.05) is 0 Å². The minimum Gasteiger partial charge on any atom is -0.497 e. The van der Waals surface area contributed by atoms with Crippen molar-refractivity contribution in [1.82, 2.24) is 0 Å². The van der Waals surface area contributed by atoms with Crippen molar-refractivity contribution in [2.24, 2.45) is 17.3 Å². The zero-order valence-electron chi connectivity index (χ0n) is 14.1. The van der Waals surface area contributed by atoms with E-state index in [1.165, 1.54) is 36.8 Å². The van der Waals surface area contributed by atoms with E-state index in [1.54, 1.807) is 7.11 Å². The van der Waals surface area contributed by atoms with Gasteiger partial charge < -0.3 is 4.74 Å². The molecule has 0 aliphatic heterocycles. The second-order valence-electron chi connectivity index (χ2n) is 7.60. The average molecular weight is 309 g/mol. The standard InChI is InChI=1S/C19H29ClO/c1-13-12-16(21-5)10-11-17(13)18(20)14-6-8-15(9-7-14)19(2,3)4/h10-12,14-15,18H,6-9H2,1-5H3. The van der Waals surface area contributed by atoms with Gasteiger partial charge in [0.1, 0.15) is 5.75 Å². The summed E-state index contributed by atoms with van der Waals surface area (Å²) in [7, 11) is 1.71. The lowest BCUT2D eigenvalue weighted by molar-refractivity contribution is 0.148. The molecule has 1 aromatic rings. The molecule has 2 rings (SSSR count). The van der Waals surface area contributed by atoms with Gasteiger partial charge in [-0.15, -0.1) is 11.6 Å². The van der Waals surface area contributed by atoms with Gasteiger partial charge in [0.05, 0.1) is 12.5 Å². The highest BCUT2D eigenvalue weighted by molar-refractivity contribution is 6.21. The van der Waals surface area contributed by atoms with E-state index >= 15 is 0 Å². The molecule has 2 heteroatoms. The number of halogens is 1. The predicted octanol–water partition coefficient (Wildman–Crippen LogP) is 6.14. The van der Waals surface area contributed by atoms with Crippen molar-refractivity contribution in [3.8, 4) is 5.75 Å². The summed E-state index contributed by atoms with van der Waals surface area (Å²) in [5.41, 5.74) is 2.95. The Bertz CT molecular complexity index is 467. The largest absolute Gasteiger partial charge is 0.497 e. The summed E-state index contributed by atoms with van der Waals surface area (Å²) in [6, 6.07) is 6.26. The maximum atomic E-state index is 6.81. The first kappa shape index (κ1) is 16.7. The number of rotatable bonds is 3. The number of aryl methyl sites for hydroxylation is 1. The summed E-state index contributed by atoms with van der Waals surface area (Å²) in [5, 5.41) is 0.136. The first-order valence-electron chi connectivity index (χ1n) is 8.11. The van der Waals surface area contributed by atoms with Crippen molar-refractivity contribution in [3.63, 3.8) is 0 Å². The van der Waals surface area contributed by atoms with Gasteiger partial charge in [0.15, 0.2) is 0 Å². The molecule has 0 radical (unpaired) electrons. The number of hydrogen-bond acceptors (Lipinski definition) is 1. The van der Waals surface area contributed by atoms with E-state index in [0.717, 1.165) is 11.7 Å². The van der Waals surface area contributed by atoms with Gasteiger partial charge in [0.25, 0.3) is 0 Å². The normalized spacial score (nSPS) is 24.7. The molecule has 0 amide bonds. The van der Waals surface area contributed by atoms with E-state index < -0.39 is 0 Å². The molecule has 1 aromatic carbocycles. The number of hydrogen-bond donors (Lipinski definition) is 0. The molecule has 0 aromatic heterocycles. The first-order valence-corrected chi connectivity index (χ1v) is 8.55. The molecule has 0 heterocycles. The van der Waals surface area contributed by atoms with Crippen LogP contribution in [0, 0.1) is 24.2 Å². The van der Waals surface area contributed by atoms with E-state index in [9.17, 15) is 0 Å². The van der Waals surface area contributed by atoms with Crippen LogP contribution in [0.2, 0.25) is 0 Å². The van der Waals surface area contributed by atoms with E-state index in [1.807, 2.05) is 6.07 Å². The zero-order valence-corrected chi connectivity index (χ0v) is 14.8. The van der Waals surface area contributed by atoms with Crippen molar-refractivity contribution < 1.29 is 4.74 Å². The van der Waals surface area contributed by atoms with Gasteiger partial charge in [0.2, 0.25) is 0 Å². The molecule has 1 fully saturated rings. The van der Waals surface area contributed by atoms with Crippen LogP contribution in [-0.2, 0) is 0 Å². The molecule has 21 heavy (non-hydrogen) atoms. The molecule has 1 saturated carbocycles. The molecule has 1 unspecified atom stereocenters. The minimum atomic E-state index is 0.136. The van der Waals surface area contributed by atoms with E-state index in [2.05, 4.69) is 39.8 Å². The highest BCUT2D eigenvalue weighted by atomic mass is 35.5. The second-order valence-corrected chi connectivity index (χ2v) is 8.07. The Hall–Kier alpha value is -0.690. The van der Waals surface area contributed by atoms with E-state index in [0.29, 0.717) is 11.3 Å². The Morgan fingerprint density at radius 1 is 1.14 bits per heavy atom. The van der Waals surface area contributed by atoms with Crippen molar-refractivity contribution >= 4 is 11.6 Å². The highest BCUT2D eigenvalue weighted by Crippen LogP contribution is 2.46. The van der Waals surface area contributed by atoms with Gasteiger partial charge >= 0.3 is 0 Å². The molecule has 1 aliphatic carbocycles. The third kappa shape index (κ3) is 3.94. The minimum absolute atomic E-state index is 0.136. The Kier molecular flexibility index (Phi) is 5.24. The van der Waals surface area contributed by atoms with Crippen LogP contribution in [0.4, 0.5) is 0 Å². The summed E-state index contributed by atoms with van der Waals surface area (Å²) in [4.78, 5) is 0. The summed E-state index contributed by atoms with van der Waals surface area (Å²) in [6.45, 7) is 9.23. The summed E-state index contributed by atoms with van der Waals surface area (Å²) in [5.74, 6) is 2.36. The maximum Gasteiger partial charge on any atom is 0.119 e. The van der Waals surface area contributed by atoms with Crippen molar-refractivity contribution in [2.45, 2.75) is 58.8 Å². The van der Waals surface area contributed by atoms with Gasteiger partial charge in [-0.3, -0.25) is 0 Å². The van der Waals surface area contributed by atoms with Crippen molar-refractivity contribution in [3.05, 3.63) is 29.3 Å². The first-order chi connectivity index (χ1) is 9.82. The van der Waals surface area contributed by atoms with Crippen molar-refractivity contribution in [1.29, 1.82) is 0 Å². The van der Waals surface area contributed by atoms with E-state index in [4.69, 9.17) is 16.3 Å². The second kappa shape index (κ2) is 6.60. The summed E-state index contributed by atoms with van der Waals surface area (Å²) < 4.78 is 5.28. The monoisotopic (exact) mass is 308 g/mol. The van der Waals surface area contributed by atoms with Crippen LogP contribution in [0.3, 0.4) is 0 Å². The third-order valence-electron chi connectivity index (χ3n) is 5.18. The lowest BCUT2D eigenvalue weighted by atomic mass is 9.69. The smallest absolute Gasteiger partial charge is 0.119 e. The zero-order chi connectivity index (χ0) is 15.6. The predicted molar refractivity (Wildman–Crippen MR) is 91.2 cm³/mol. The maximum absolute atomic E-state index is 6.81. The Labute approximate surface area is 135 Å². The molecule has 1 atom stereocenters. The molecule has 0 N–H and O–H groups in total. The fourth-order valence-electron chi connectivity index (χ4n) is 3.62. The molecular weight excluding hydrogens is 280 g/mol. The SMILES string of the molecule is COc1ccc(C(Cl)C2CCC(C(C)(C)C)CC2)c(C)c1. The molecule has 1 aliphatic rings. The van der Waals surface area contributed by atoms with Crippen LogP contribution in [-0.4, -0.2) is 7.11 Å². The van der Waals surface area contributed by atoms with Crippen LogP contribution in [0.15, 0.2) is 18.2 Å². The highest BCUT2D eigenvalue weighted by Gasteiger charge is 2.33. The quantitative estimate of drug-likeness (QED) is 0.610. The number of ether oxygens (including phenoxy) is 1. The summed E-state index contributed by atoms with van der Waals surface area (Å²) in [6.07, 6.45) is 5.13. The van der Waals surface area contributed by atoms with Gasteiger partial charge in [-0.25, -0.2) is 0 Å². The molecule has 1 nitrogen and oxygen atoms in total. The van der Waals surface area contributed by atoms with Crippen LogP contribution < -0.4 is 4.74 Å². The third-order valence-corrected chi connectivity index (χ3v) is 5.78. The van der Waals surface area contributed by atoms with Crippen LogP contribution in [0.1, 0.15) is 63.0 Å². The summed E-state index contributed by atoms with van der Waals surface area (Å²) >= 11 is 6.81. The van der Waals surface area contributed by atoms with E-state index in [-0.39, 0.29) is 5.38 Å². The molecule has 0 saturated heterocycles. The lowest BCUT2D eigenvalue weighted by Gasteiger charge is -2.38. The molecule has 0 bridgehead atoms. The fourth-order valence-corrected chi connectivity index (χ4v) is 4.11. The van der Waals surface area contributed by atoms with Crippen LogP contribution in [0.5, 0.6) is 5.75 Å². The molecule has 118 valence electrons. The number of benzene rings is 1. The van der Waals surface area contributed by atoms with Crippen LogP contribution >= 0.6 is 11.6 Å². The molecule has 0 spiro atoms. The fraction of sp³-hybridized carbons (Fsp3) is 0.684. The number of alkyl halides is 1. The van der Waals surface area contributed by atoms with Gasteiger partial charge in [-0.1, -0.05) is 26.8 Å². The van der Waals surface area contributed by atoms with Gasteiger partial charge in [-0.2, -0.15) is 0 Å². The Morgan fingerprint density at radius 3 is 2.24 bits per heavy atom. The average Bonchev–Trinajstić information content (AvgIpc) is 2.45. The molecular formula is C19H29ClO.